The summed E-state index contributed by atoms with van der Waals surface area (Å²) >= 11 is 0. The van der Waals surface area contributed by atoms with Crippen LogP contribution in [0.15, 0.2) is 6.20 Å². The predicted molar refractivity (Wildman–Crippen MR) is 80.3 cm³/mol. The second-order valence-corrected chi connectivity index (χ2v) is 6.70. The van der Waals surface area contributed by atoms with Gasteiger partial charge in [-0.25, -0.2) is 0 Å². The lowest BCUT2D eigenvalue weighted by molar-refractivity contribution is -0.137. The van der Waals surface area contributed by atoms with E-state index in [1.165, 1.54) is 11.1 Å². The molecule has 0 radical (unpaired) electrons. The number of aliphatic carboxylic acids is 1. The van der Waals surface area contributed by atoms with Crippen molar-refractivity contribution in [3.05, 3.63) is 17.5 Å². The summed E-state index contributed by atoms with van der Waals surface area (Å²) in [7, 11) is 0. The second-order valence-electron chi connectivity index (χ2n) is 6.70. The van der Waals surface area contributed by atoms with Crippen molar-refractivity contribution in [2.24, 2.45) is 5.92 Å². The molecule has 0 saturated carbocycles. The highest BCUT2D eigenvalue weighted by Crippen LogP contribution is 2.19. The van der Waals surface area contributed by atoms with Gasteiger partial charge in [0.1, 0.15) is 6.54 Å². The van der Waals surface area contributed by atoms with Gasteiger partial charge in [-0.2, -0.15) is 5.10 Å². The summed E-state index contributed by atoms with van der Waals surface area (Å²) in [5.41, 5.74) is 0.997. The van der Waals surface area contributed by atoms with Gasteiger partial charge in [0.05, 0.1) is 17.3 Å². The van der Waals surface area contributed by atoms with Crippen molar-refractivity contribution in [1.29, 1.82) is 0 Å². The molecule has 0 saturated heterocycles. The van der Waals surface area contributed by atoms with Crippen LogP contribution in [0.5, 0.6) is 0 Å². The van der Waals surface area contributed by atoms with Gasteiger partial charge >= 0.3 is 5.97 Å². The number of carboxylic acid groups (broad SMARTS) is 1. The standard InChI is InChI=1S/C15H25N3O3/c1-10(2)8-17(9-13(19)20)14(21)12-7-16-18(11(12)3)15(4,5)6/h7,10H,8-9H2,1-6H3,(H,19,20). The number of hydrogen-bond donors (Lipinski definition) is 1. The summed E-state index contributed by atoms with van der Waals surface area (Å²) < 4.78 is 1.79. The zero-order chi connectivity index (χ0) is 16.4. The number of carboxylic acids is 1. The summed E-state index contributed by atoms with van der Waals surface area (Å²) in [5.74, 6) is -1.09. The minimum absolute atomic E-state index is 0.200. The topological polar surface area (TPSA) is 75.4 Å². The average Bonchev–Trinajstić information content (AvgIpc) is 2.67. The molecule has 6 nitrogen and oxygen atoms in total. The Morgan fingerprint density at radius 3 is 2.33 bits per heavy atom. The van der Waals surface area contributed by atoms with Gasteiger partial charge in [-0.15, -0.1) is 0 Å². The molecule has 0 fully saturated rings. The molecule has 1 aromatic heterocycles. The molecular formula is C15H25N3O3. The zero-order valence-corrected chi connectivity index (χ0v) is 13.7. The van der Waals surface area contributed by atoms with Crippen molar-refractivity contribution in [1.82, 2.24) is 14.7 Å². The summed E-state index contributed by atoms with van der Waals surface area (Å²) in [4.78, 5) is 24.9. The minimum Gasteiger partial charge on any atom is -0.480 e. The van der Waals surface area contributed by atoms with Gasteiger partial charge in [-0.05, 0) is 33.6 Å². The van der Waals surface area contributed by atoms with Crippen LogP contribution >= 0.6 is 0 Å². The fourth-order valence-electron chi connectivity index (χ4n) is 2.29. The third kappa shape index (κ3) is 4.31. The number of carbonyl (C=O) groups is 2. The van der Waals surface area contributed by atoms with Crippen molar-refractivity contribution in [2.45, 2.75) is 47.1 Å². The lowest BCUT2D eigenvalue weighted by Gasteiger charge is -2.24. The van der Waals surface area contributed by atoms with E-state index in [0.717, 1.165) is 5.69 Å². The van der Waals surface area contributed by atoms with E-state index in [4.69, 9.17) is 5.11 Å². The van der Waals surface area contributed by atoms with Gasteiger partial charge in [0, 0.05) is 12.2 Å². The van der Waals surface area contributed by atoms with Gasteiger partial charge in [0.15, 0.2) is 0 Å². The predicted octanol–water partition coefficient (Wildman–Crippen LogP) is 2.13. The van der Waals surface area contributed by atoms with Gasteiger partial charge in [0.25, 0.3) is 5.91 Å². The lowest BCUT2D eigenvalue weighted by atomic mass is 10.1. The van der Waals surface area contributed by atoms with Gasteiger partial charge in [-0.3, -0.25) is 14.3 Å². The van der Waals surface area contributed by atoms with E-state index in [1.807, 2.05) is 41.5 Å². The zero-order valence-electron chi connectivity index (χ0n) is 13.7. The molecule has 0 aliphatic rings. The molecule has 1 amide bonds. The number of carbonyl (C=O) groups excluding carboxylic acids is 1. The number of amides is 1. The van der Waals surface area contributed by atoms with E-state index < -0.39 is 5.97 Å². The minimum atomic E-state index is -1.01. The van der Waals surface area contributed by atoms with E-state index in [9.17, 15) is 9.59 Å². The Kier molecular flexibility index (Phi) is 5.15. The fraction of sp³-hybridized carbons (Fsp3) is 0.667. The Morgan fingerprint density at radius 2 is 1.95 bits per heavy atom. The molecular weight excluding hydrogens is 270 g/mol. The first-order chi connectivity index (χ1) is 9.54. The SMILES string of the molecule is Cc1c(C(=O)N(CC(=O)O)CC(C)C)cnn1C(C)(C)C. The maximum atomic E-state index is 12.6. The molecule has 1 rings (SSSR count). The fourth-order valence-corrected chi connectivity index (χ4v) is 2.29. The summed E-state index contributed by atoms with van der Waals surface area (Å²) in [6, 6.07) is 0. The average molecular weight is 295 g/mol. The summed E-state index contributed by atoms with van der Waals surface area (Å²) in [6.45, 7) is 11.9. The molecule has 21 heavy (non-hydrogen) atoms. The summed E-state index contributed by atoms with van der Waals surface area (Å²) in [6.07, 6.45) is 1.53. The molecule has 1 aromatic rings. The Bertz CT molecular complexity index is 527. The van der Waals surface area contributed by atoms with Crippen molar-refractivity contribution >= 4 is 11.9 Å². The molecule has 0 unspecified atom stereocenters. The van der Waals surface area contributed by atoms with Crippen LogP contribution in [0.2, 0.25) is 0 Å². The van der Waals surface area contributed by atoms with Crippen LogP contribution in [-0.2, 0) is 10.3 Å². The molecule has 0 aliphatic carbocycles. The van der Waals surface area contributed by atoms with Crippen molar-refractivity contribution in [3.8, 4) is 0 Å². The highest BCUT2D eigenvalue weighted by molar-refractivity contribution is 5.96. The number of rotatable bonds is 5. The Balaban J connectivity index is 3.09. The third-order valence-electron chi connectivity index (χ3n) is 3.07. The van der Waals surface area contributed by atoms with Crippen LogP contribution in [0, 0.1) is 12.8 Å². The molecule has 0 atom stereocenters. The third-order valence-corrected chi connectivity index (χ3v) is 3.07. The van der Waals surface area contributed by atoms with E-state index in [0.29, 0.717) is 12.1 Å². The van der Waals surface area contributed by atoms with E-state index in [1.54, 1.807) is 4.68 Å². The first-order valence-corrected chi connectivity index (χ1v) is 7.10. The monoisotopic (exact) mass is 295 g/mol. The van der Waals surface area contributed by atoms with Crippen LogP contribution in [0.25, 0.3) is 0 Å². The smallest absolute Gasteiger partial charge is 0.323 e. The Hall–Kier alpha value is -1.85. The molecule has 1 heterocycles. The highest BCUT2D eigenvalue weighted by atomic mass is 16.4. The molecule has 0 bridgehead atoms. The molecule has 6 heteroatoms. The largest absolute Gasteiger partial charge is 0.480 e. The van der Waals surface area contributed by atoms with Crippen LogP contribution in [0.1, 0.15) is 50.7 Å². The van der Waals surface area contributed by atoms with E-state index >= 15 is 0 Å². The first kappa shape index (κ1) is 17.2. The normalized spacial score (nSPS) is 11.8. The quantitative estimate of drug-likeness (QED) is 0.903. The van der Waals surface area contributed by atoms with Gasteiger partial charge in [0.2, 0.25) is 0 Å². The maximum absolute atomic E-state index is 12.6. The van der Waals surface area contributed by atoms with Crippen LogP contribution < -0.4 is 0 Å². The van der Waals surface area contributed by atoms with Crippen molar-refractivity contribution in [3.63, 3.8) is 0 Å². The van der Waals surface area contributed by atoms with Crippen LogP contribution in [0.3, 0.4) is 0 Å². The van der Waals surface area contributed by atoms with E-state index in [-0.39, 0.29) is 23.9 Å². The van der Waals surface area contributed by atoms with Crippen LogP contribution in [-0.4, -0.2) is 44.8 Å². The number of hydrogen-bond acceptors (Lipinski definition) is 3. The molecule has 118 valence electrons. The van der Waals surface area contributed by atoms with Crippen molar-refractivity contribution in [2.75, 3.05) is 13.1 Å². The second kappa shape index (κ2) is 6.28. The summed E-state index contributed by atoms with van der Waals surface area (Å²) in [5, 5.41) is 13.3. The Morgan fingerprint density at radius 1 is 1.38 bits per heavy atom. The molecule has 0 spiro atoms. The van der Waals surface area contributed by atoms with Crippen LogP contribution in [0.4, 0.5) is 0 Å². The first-order valence-electron chi connectivity index (χ1n) is 7.10. The molecule has 0 aromatic carbocycles. The Labute approximate surface area is 125 Å². The van der Waals surface area contributed by atoms with E-state index in [2.05, 4.69) is 5.10 Å². The lowest BCUT2D eigenvalue weighted by Crippen LogP contribution is -2.38. The molecule has 0 aliphatic heterocycles. The number of nitrogens with zero attached hydrogens (tertiary/aromatic N) is 3. The maximum Gasteiger partial charge on any atom is 0.323 e. The molecule has 1 N–H and O–H groups in total. The van der Waals surface area contributed by atoms with Gasteiger partial charge < -0.3 is 10.0 Å². The number of aromatic nitrogens is 2. The highest BCUT2D eigenvalue weighted by Gasteiger charge is 2.26. The van der Waals surface area contributed by atoms with Gasteiger partial charge in [-0.1, -0.05) is 13.8 Å². The van der Waals surface area contributed by atoms with Crippen molar-refractivity contribution < 1.29 is 14.7 Å².